The molecule has 0 saturated carbocycles. The minimum Gasteiger partial charge on any atom is -0.390 e. The zero-order valence-electron chi connectivity index (χ0n) is 8.31. The Hall–Kier alpha value is -0.160. The number of likely N-dealkylation sites (tertiary alicyclic amines) is 1. The van der Waals surface area contributed by atoms with Crippen LogP contribution in [-0.2, 0) is 4.74 Å². The normalized spacial score (nSPS) is 21.9. The number of hydrogen-bond donors (Lipinski definition) is 2. The number of hydrogen-bond acceptors (Lipinski definition) is 4. The maximum Gasteiger partial charge on any atom is 0.0900 e. The fourth-order valence-electron chi connectivity index (χ4n) is 1.35. The second kappa shape index (κ2) is 4.91. The summed E-state index contributed by atoms with van der Waals surface area (Å²) in [5.41, 5.74) is 0. The van der Waals surface area contributed by atoms with Crippen LogP contribution in [0, 0.1) is 0 Å². The van der Waals surface area contributed by atoms with Crippen LogP contribution in [0.3, 0.4) is 0 Å². The van der Waals surface area contributed by atoms with Crippen molar-refractivity contribution in [1.82, 2.24) is 4.90 Å². The van der Waals surface area contributed by atoms with Crippen LogP contribution in [0.25, 0.3) is 0 Å². The maximum absolute atomic E-state index is 9.47. The fraction of sp³-hybridized carbons (Fsp3) is 1.00. The molecule has 0 aromatic carbocycles. The zero-order valence-corrected chi connectivity index (χ0v) is 8.31. The molecule has 0 aromatic heterocycles. The van der Waals surface area contributed by atoms with Gasteiger partial charge in [0, 0.05) is 19.6 Å². The summed E-state index contributed by atoms with van der Waals surface area (Å²) in [6.45, 7) is 6.23. The predicted octanol–water partition coefficient (Wildman–Crippen LogP) is -0.551. The van der Waals surface area contributed by atoms with Gasteiger partial charge in [-0.2, -0.15) is 0 Å². The number of ether oxygens (including phenoxy) is 1. The van der Waals surface area contributed by atoms with Crippen molar-refractivity contribution in [3.8, 4) is 0 Å². The van der Waals surface area contributed by atoms with E-state index in [0.717, 1.165) is 0 Å². The third-order valence-electron chi connectivity index (χ3n) is 2.03. The van der Waals surface area contributed by atoms with Crippen LogP contribution in [0.2, 0.25) is 0 Å². The Morgan fingerprint density at radius 1 is 1.46 bits per heavy atom. The van der Waals surface area contributed by atoms with E-state index in [2.05, 4.69) is 0 Å². The molecule has 1 unspecified atom stereocenters. The van der Waals surface area contributed by atoms with Gasteiger partial charge in [0.15, 0.2) is 0 Å². The van der Waals surface area contributed by atoms with E-state index in [4.69, 9.17) is 9.84 Å². The highest BCUT2D eigenvalue weighted by Gasteiger charge is 2.25. The van der Waals surface area contributed by atoms with Gasteiger partial charge in [-0.05, 0) is 13.8 Å². The van der Waals surface area contributed by atoms with Crippen molar-refractivity contribution in [2.75, 3.05) is 26.2 Å². The van der Waals surface area contributed by atoms with Gasteiger partial charge in [-0.1, -0.05) is 0 Å². The lowest BCUT2D eigenvalue weighted by Crippen LogP contribution is -2.53. The summed E-state index contributed by atoms with van der Waals surface area (Å²) in [6.07, 6.45) is -0.468. The highest BCUT2D eigenvalue weighted by molar-refractivity contribution is 4.80. The molecule has 0 spiro atoms. The molecule has 1 saturated heterocycles. The first-order chi connectivity index (χ1) is 6.08. The summed E-state index contributed by atoms with van der Waals surface area (Å²) < 4.78 is 5.26. The van der Waals surface area contributed by atoms with Crippen LogP contribution in [0.1, 0.15) is 13.8 Å². The Morgan fingerprint density at radius 3 is 2.54 bits per heavy atom. The molecule has 13 heavy (non-hydrogen) atoms. The largest absolute Gasteiger partial charge is 0.390 e. The first kappa shape index (κ1) is 10.9. The molecule has 0 aromatic rings. The van der Waals surface area contributed by atoms with Crippen molar-refractivity contribution < 1.29 is 14.9 Å². The highest BCUT2D eigenvalue weighted by atomic mass is 16.5. The van der Waals surface area contributed by atoms with Crippen LogP contribution < -0.4 is 0 Å². The lowest BCUT2D eigenvalue weighted by atomic mass is 10.1. The van der Waals surface area contributed by atoms with E-state index in [9.17, 15) is 5.11 Å². The molecule has 1 fully saturated rings. The van der Waals surface area contributed by atoms with Gasteiger partial charge in [0.2, 0.25) is 0 Å². The molecule has 1 aliphatic rings. The Morgan fingerprint density at radius 2 is 2.08 bits per heavy atom. The summed E-state index contributed by atoms with van der Waals surface area (Å²) in [5, 5.41) is 18.5. The average molecular weight is 189 g/mol. The average Bonchev–Trinajstić information content (AvgIpc) is 1.98. The number of nitrogens with zero attached hydrogens (tertiary/aromatic N) is 1. The molecule has 2 N–H and O–H groups in total. The summed E-state index contributed by atoms with van der Waals surface area (Å²) in [6, 6.07) is 0. The van der Waals surface area contributed by atoms with E-state index in [0.29, 0.717) is 26.2 Å². The molecule has 4 nitrogen and oxygen atoms in total. The van der Waals surface area contributed by atoms with Crippen molar-refractivity contribution in [2.24, 2.45) is 0 Å². The van der Waals surface area contributed by atoms with E-state index >= 15 is 0 Å². The van der Waals surface area contributed by atoms with Gasteiger partial charge in [-0.25, -0.2) is 0 Å². The molecule has 1 aliphatic heterocycles. The van der Waals surface area contributed by atoms with Gasteiger partial charge >= 0.3 is 0 Å². The third kappa shape index (κ3) is 4.04. The zero-order chi connectivity index (χ0) is 9.84. The Bertz CT molecular complexity index is 146. The molecule has 0 radical (unpaired) electrons. The van der Waals surface area contributed by atoms with Crippen LogP contribution in [0.5, 0.6) is 0 Å². The Balaban J connectivity index is 2.01. The highest BCUT2D eigenvalue weighted by Crippen LogP contribution is 2.07. The van der Waals surface area contributed by atoms with Crippen molar-refractivity contribution in [1.29, 1.82) is 0 Å². The molecule has 0 bridgehead atoms. The van der Waals surface area contributed by atoms with Gasteiger partial charge in [-0.15, -0.1) is 0 Å². The minimum atomic E-state index is -0.435. The first-order valence-electron chi connectivity index (χ1n) is 4.78. The van der Waals surface area contributed by atoms with E-state index in [1.165, 1.54) is 0 Å². The van der Waals surface area contributed by atoms with E-state index in [1.54, 1.807) is 0 Å². The van der Waals surface area contributed by atoms with Crippen LogP contribution in [-0.4, -0.2) is 59.7 Å². The second-order valence-corrected chi connectivity index (χ2v) is 3.91. The maximum atomic E-state index is 9.47. The van der Waals surface area contributed by atoms with Crippen molar-refractivity contribution in [3.05, 3.63) is 0 Å². The van der Waals surface area contributed by atoms with Gasteiger partial charge < -0.3 is 14.9 Å². The van der Waals surface area contributed by atoms with E-state index < -0.39 is 6.10 Å². The third-order valence-corrected chi connectivity index (χ3v) is 2.03. The molecule has 0 aliphatic carbocycles. The number of β-amino-alcohol motifs (C(OH)–C–C–N with tert-alkyl or cyclic N) is 2. The van der Waals surface area contributed by atoms with Gasteiger partial charge in [0.25, 0.3) is 0 Å². The Labute approximate surface area is 79.1 Å². The van der Waals surface area contributed by atoms with E-state index in [1.807, 2.05) is 18.7 Å². The molecule has 1 atom stereocenters. The monoisotopic (exact) mass is 189 g/mol. The number of aliphatic hydroxyl groups excluding tert-OH is 2. The standard InChI is InChI=1S/C9H19NO3/c1-7(2)13-6-9(12)5-10-3-8(11)4-10/h7-9,11-12H,3-6H2,1-2H3. The van der Waals surface area contributed by atoms with E-state index in [-0.39, 0.29) is 12.2 Å². The minimum absolute atomic E-state index is 0.164. The first-order valence-corrected chi connectivity index (χ1v) is 4.78. The van der Waals surface area contributed by atoms with Crippen LogP contribution in [0.15, 0.2) is 0 Å². The molecular weight excluding hydrogens is 170 g/mol. The van der Waals surface area contributed by atoms with Gasteiger partial charge in [0.1, 0.15) is 0 Å². The smallest absolute Gasteiger partial charge is 0.0900 e. The topological polar surface area (TPSA) is 52.9 Å². The molecule has 1 heterocycles. The van der Waals surface area contributed by atoms with Gasteiger partial charge in [-0.3, -0.25) is 4.90 Å². The van der Waals surface area contributed by atoms with Crippen molar-refractivity contribution in [3.63, 3.8) is 0 Å². The van der Waals surface area contributed by atoms with Crippen LogP contribution >= 0.6 is 0 Å². The number of aliphatic hydroxyl groups is 2. The molecule has 4 heteroatoms. The van der Waals surface area contributed by atoms with Gasteiger partial charge in [0.05, 0.1) is 24.9 Å². The molecule has 1 rings (SSSR count). The summed E-state index contributed by atoms with van der Waals surface area (Å²) in [5.74, 6) is 0. The molecular formula is C9H19NO3. The van der Waals surface area contributed by atoms with Crippen LogP contribution in [0.4, 0.5) is 0 Å². The Kier molecular flexibility index (Phi) is 4.12. The summed E-state index contributed by atoms with van der Waals surface area (Å²) >= 11 is 0. The van der Waals surface area contributed by atoms with Crippen molar-refractivity contribution >= 4 is 0 Å². The van der Waals surface area contributed by atoms with Crippen molar-refractivity contribution in [2.45, 2.75) is 32.2 Å². The fourth-order valence-corrected chi connectivity index (χ4v) is 1.35. The number of rotatable bonds is 5. The lowest BCUT2D eigenvalue weighted by molar-refractivity contribution is -0.0500. The summed E-state index contributed by atoms with van der Waals surface area (Å²) in [7, 11) is 0. The summed E-state index contributed by atoms with van der Waals surface area (Å²) in [4.78, 5) is 2.01. The second-order valence-electron chi connectivity index (χ2n) is 3.91. The molecule has 0 amide bonds. The quantitative estimate of drug-likeness (QED) is 0.609. The lowest BCUT2D eigenvalue weighted by Gasteiger charge is -2.37. The SMILES string of the molecule is CC(C)OCC(O)CN1CC(O)C1. The predicted molar refractivity (Wildman–Crippen MR) is 49.5 cm³/mol. The molecule has 78 valence electrons.